The molecular weight excluding hydrogens is 391 g/mol. The van der Waals surface area contributed by atoms with E-state index in [1.807, 2.05) is 7.05 Å². The number of aryl methyl sites for hydroxylation is 1. The van der Waals surface area contributed by atoms with Crippen molar-refractivity contribution in [3.05, 3.63) is 11.6 Å². The van der Waals surface area contributed by atoms with Crippen LogP contribution in [0.5, 0.6) is 0 Å². The van der Waals surface area contributed by atoms with Gasteiger partial charge in [0, 0.05) is 26.1 Å². The van der Waals surface area contributed by atoms with Crippen LogP contribution in [-0.2, 0) is 19.5 Å². The Kier molecular flexibility index (Phi) is 6.46. The Labute approximate surface area is 149 Å². The van der Waals surface area contributed by atoms with Gasteiger partial charge < -0.3 is 15.2 Å². The first kappa shape index (κ1) is 17.5. The Morgan fingerprint density at radius 2 is 2.05 bits per heavy atom. The minimum Gasteiger partial charge on any atom is -0.354 e. The molecule has 6 nitrogen and oxygen atoms in total. The smallest absolute Gasteiger partial charge is 0.191 e. The summed E-state index contributed by atoms with van der Waals surface area (Å²) in [6.45, 7) is 4.08. The molecule has 0 amide bonds. The summed E-state index contributed by atoms with van der Waals surface area (Å²) in [5.74, 6) is 3.89. The van der Waals surface area contributed by atoms with E-state index >= 15 is 0 Å². The number of hydrogen-bond donors (Lipinski definition) is 2. The first-order valence-electron chi connectivity index (χ1n) is 8.14. The summed E-state index contributed by atoms with van der Waals surface area (Å²) in [4.78, 5) is 4.33. The maximum Gasteiger partial charge on any atom is 0.191 e. The molecule has 0 saturated heterocycles. The van der Waals surface area contributed by atoms with Crippen molar-refractivity contribution in [3.8, 4) is 0 Å². The third kappa shape index (κ3) is 4.11. The van der Waals surface area contributed by atoms with E-state index in [0.29, 0.717) is 12.6 Å². The highest BCUT2D eigenvalue weighted by atomic mass is 127. The summed E-state index contributed by atoms with van der Waals surface area (Å²) in [6.07, 6.45) is 7.34. The highest BCUT2D eigenvalue weighted by Gasteiger charge is 2.20. The molecule has 124 valence electrons. The Hall–Kier alpha value is -0.860. The molecule has 1 saturated carbocycles. The largest absolute Gasteiger partial charge is 0.354 e. The monoisotopic (exact) mass is 418 g/mol. The van der Waals surface area contributed by atoms with Crippen LogP contribution in [0.3, 0.4) is 0 Å². The lowest BCUT2D eigenvalue weighted by Gasteiger charge is -2.28. The molecule has 3 rings (SSSR count). The van der Waals surface area contributed by atoms with E-state index in [2.05, 4.69) is 37.3 Å². The third-order valence-corrected chi connectivity index (χ3v) is 4.68. The van der Waals surface area contributed by atoms with E-state index < -0.39 is 0 Å². The Morgan fingerprint density at radius 1 is 1.27 bits per heavy atom. The second-order valence-corrected chi connectivity index (χ2v) is 6.31. The van der Waals surface area contributed by atoms with E-state index in [9.17, 15) is 0 Å². The predicted molar refractivity (Wildman–Crippen MR) is 98.5 cm³/mol. The lowest BCUT2D eigenvalue weighted by atomic mass is 9.87. The summed E-state index contributed by atoms with van der Waals surface area (Å²) in [5.41, 5.74) is 0. The van der Waals surface area contributed by atoms with Crippen molar-refractivity contribution in [1.29, 1.82) is 0 Å². The van der Waals surface area contributed by atoms with E-state index in [1.165, 1.54) is 32.1 Å². The molecule has 22 heavy (non-hydrogen) atoms. The van der Waals surface area contributed by atoms with Crippen LogP contribution in [-0.4, -0.2) is 33.8 Å². The van der Waals surface area contributed by atoms with Crippen molar-refractivity contribution in [2.24, 2.45) is 10.9 Å². The van der Waals surface area contributed by atoms with Gasteiger partial charge in [-0.15, -0.1) is 34.2 Å². The fourth-order valence-electron chi connectivity index (χ4n) is 3.30. The number of fused-ring (bicyclic) bond motifs is 1. The number of guanidine groups is 1. The molecule has 1 aromatic heterocycles. The second-order valence-electron chi connectivity index (χ2n) is 6.31. The molecule has 1 aromatic rings. The minimum absolute atomic E-state index is 0. The van der Waals surface area contributed by atoms with Crippen LogP contribution >= 0.6 is 24.0 Å². The maximum absolute atomic E-state index is 4.33. The van der Waals surface area contributed by atoms with Crippen molar-refractivity contribution >= 4 is 29.9 Å². The molecule has 0 radical (unpaired) electrons. The Balaban J connectivity index is 0.00000176. The van der Waals surface area contributed by atoms with Gasteiger partial charge in [0.1, 0.15) is 5.82 Å². The molecule has 1 fully saturated rings. The average Bonchev–Trinajstić information content (AvgIpc) is 3.09. The van der Waals surface area contributed by atoms with Crippen LogP contribution in [0.25, 0.3) is 0 Å². The second kappa shape index (κ2) is 8.12. The van der Waals surface area contributed by atoms with Crippen molar-refractivity contribution in [2.45, 2.75) is 64.6 Å². The summed E-state index contributed by atoms with van der Waals surface area (Å²) in [7, 11) is 1.83. The number of halogens is 1. The molecule has 2 aliphatic rings. The summed E-state index contributed by atoms with van der Waals surface area (Å²) < 4.78 is 2.22. The van der Waals surface area contributed by atoms with Gasteiger partial charge >= 0.3 is 0 Å². The first-order chi connectivity index (χ1) is 10.3. The highest BCUT2D eigenvalue weighted by molar-refractivity contribution is 14.0. The number of nitrogens with one attached hydrogen (secondary N) is 2. The number of aromatic nitrogens is 3. The summed E-state index contributed by atoms with van der Waals surface area (Å²) in [6, 6.07) is 0.552. The molecule has 0 bridgehead atoms. The highest BCUT2D eigenvalue weighted by Crippen LogP contribution is 2.23. The summed E-state index contributed by atoms with van der Waals surface area (Å²) >= 11 is 0. The van der Waals surface area contributed by atoms with Crippen molar-refractivity contribution < 1.29 is 0 Å². The van der Waals surface area contributed by atoms with Crippen LogP contribution in [0, 0.1) is 5.92 Å². The molecule has 0 spiro atoms. The van der Waals surface area contributed by atoms with Crippen LogP contribution in [0.1, 0.15) is 50.7 Å². The molecular formula is C15H27IN6. The molecule has 1 aliphatic carbocycles. The lowest BCUT2D eigenvalue weighted by molar-refractivity contribution is 0.329. The van der Waals surface area contributed by atoms with Crippen molar-refractivity contribution in [3.63, 3.8) is 0 Å². The zero-order chi connectivity index (χ0) is 14.7. The first-order valence-corrected chi connectivity index (χ1v) is 8.14. The van der Waals surface area contributed by atoms with Crippen LogP contribution < -0.4 is 10.6 Å². The fourth-order valence-corrected chi connectivity index (χ4v) is 3.30. The van der Waals surface area contributed by atoms with E-state index in [0.717, 1.165) is 36.5 Å². The lowest BCUT2D eigenvalue weighted by Crippen LogP contribution is -2.44. The molecule has 7 heteroatoms. The molecule has 2 heterocycles. The van der Waals surface area contributed by atoms with Gasteiger partial charge in [-0.25, -0.2) is 0 Å². The van der Waals surface area contributed by atoms with Gasteiger partial charge in [0.25, 0.3) is 0 Å². The SMILES string of the molecule is CN=C(NCc1nnc2n1CCC2)NC1CCC(C)CC1.I. The van der Waals surface area contributed by atoms with Crippen LogP contribution in [0.2, 0.25) is 0 Å². The van der Waals surface area contributed by atoms with Gasteiger partial charge in [0.2, 0.25) is 0 Å². The number of hydrogen-bond acceptors (Lipinski definition) is 3. The van der Waals surface area contributed by atoms with Crippen molar-refractivity contribution in [2.75, 3.05) is 7.05 Å². The van der Waals surface area contributed by atoms with Gasteiger partial charge in [0.05, 0.1) is 6.54 Å². The van der Waals surface area contributed by atoms with Gasteiger partial charge in [-0.05, 0) is 38.0 Å². The Bertz CT molecular complexity index is 504. The third-order valence-electron chi connectivity index (χ3n) is 4.68. The van der Waals surface area contributed by atoms with Crippen LogP contribution in [0.15, 0.2) is 4.99 Å². The Morgan fingerprint density at radius 3 is 2.77 bits per heavy atom. The predicted octanol–water partition coefficient (Wildman–Crippen LogP) is 2.09. The van der Waals surface area contributed by atoms with E-state index in [-0.39, 0.29) is 24.0 Å². The number of aliphatic imine (C=N–C) groups is 1. The van der Waals surface area contributed by atoms with E-state index in [4.69, 9.17) is 0 Å². The molecule has 1 aliphatic heterocycles. The van der Waals surface area contributed by atoms with E-state index in [1.54, 1.807) is 0 Å². The number of rotatable bonds is 3. The van der Waals surface area contributed by atoms with Gasteiger partial charge in [-0.2, -0.15) is 0 Å². The molecule has 0 atom stereocenters. The molecule has 0 aromatic carbocycles. The standard InChI is InChI=1S/C15H26N6.HI/c1-11-5-7-12(8-6-11)18-15(16-2)17-10-14-20-19-13-4-3-9-21(13)14;/h11-12H,3-10H2,1-2H3,(H2,16,17,18);1H. The topological polar surface area (TPSA) is 67.1 Å². The fraction of sp³-hybridized carbons (Fsp3) is 0.800. The number of nitrogens with zero attached hydrogens (tertiary/aromatic N) is 4. The van der Waals surface area contributed by atoms with Gasteiger partial charge in [-0.3, -0.25) is 4.99 Å². The molecule has 2 N–H and O–H groups in total. The van der Waals surface area contributed by atoms with Crippen LogP contribution in [0.4, 0.5) is 0 Å². The summed E-state index contributed by atoms with van der Waals surface area (Å²) in [5, 5.41) is 15.4. The maximum atomic E-state index is 4.33. The van der Waals surface area contributed by atoms with Crippen molar-refractivity contribution in [1.82, 2.24) is 25.4 Å². The molecule has 0 unspecified atom stereocenters. The van der Waals surface area contributed by atoms with Gasteiger partial charge in [0.15, 0.2) is 11.8 Å². The zero-order valence-electron chi connectivity index (χ0n) is 13.5. The quantitative estimate of drug-likeness (QED) is 0.448. The zero-order valence-corrected chi connectivity index (χ0v) is 15.8. The minimum atomic E-state index is 0. The normalized spacial score (nSPS) is 24.5. The van der Waals surface area contributed by atoms with Gasteiger partial charge in [-0.1, -0.05) is 6.92 Å². The average molecular weight is 418 g/mol.